The van der Waals surface area contributed by atoms with E-state index in [0.717, 1.165) is 6.08 Å². The Labute approximate surface area is 138 Å². The van der Waals surface area contributed by atoms with Crippen molar-refractivity contribution in [1.29, 1.82) is 0 Å². The van der Waals surface area contributed by atoms with Crippen LogP contribution in [0.15, 0.2) is 48.7 Å². The van der Waals surface area contributed by atoms with Gasteiger partial charge >= 0.3 is 11.9 Å². The normalized spacial score (nSPS) is 10.5. The van der Waals surface area contributed by atoms with E-state index in [1.54, 1.807) is 47.2 Å². The highest BCUT2D eigenvalue weighted by Crippen LogP contribution is 2.11. The average Bonchev–Trinajstić information content (AvgIpc) is 2.99. The third-order valence-electron chi connectivity index (χ3n) is 3.17. The number of carbonyl (C=O) groups excluding carboxylic acids is 2. The Morgan fingerprint density at radius 3 is 2.54 bits per heavy atom. The highest BCUT2D eigenvalue weighted by Gasteiger charge is 2.08. The Balaban J connectivity index is 2.00. The summed E-state index contributed by atoms with van der Waals surface area (Å²) in [5.41, 5.74) is 1.54. The van der Waals surface area contributed by atoms with Crippen molar-refractivity contribution in [3.63, 3.8) is 0 Å². The van der Waals surface area contributed by atoms with Gasteiger partial charge in [-0.3, -0.25) is 4.79 Å². The molecule has 0 radical (unpaired) electrons. The van der Waals surface area contributed by atoms with Gasteiger partial charge in [0.25, 0.3) is 0 Å². The van der Waals surface area contributed by atoms with Gasteiger partial charge in [0.15, 0.2) is 0 Å². The van der Waals surface area contributed by atoms with Gasteiger partial charge in [-0.25, -0.2) is 9.59 Å². The number of rotatable bonds is 6. The standard InChI is InChI=1S/C17H16N2O5/c1-24-17(23)12-4-6-13(7-5-12)18-15(20)11-19-10-2-3-14(19)8-9-16(21)22/h2-10H,11H2,1H3,(H,18,20)(H,21,22)/b9-8+. The number of aliphatic carboxylic acids is 1. The molecular weight excluding hydrogens is 312 g/mol. The minimum Gasteiger partial charge on any atom is -0.478 e. The van der Waals surface area contributed by atoms with Crippen LogP contribution in [0.4, 0.5) is 5.69 Å². The first-order chi connectivity index (χ1) is 11.5. The van der Waals surface area contributed by atoms with Gasteiger partial charge in [-0.15, -0.1) is 0 Å². The molecule has 0 aliphatic rings. The molecule has 0 unspecified atom stereocenters. The fraction of sp³-hybridized carbons (Fsp3) is 0.118. The Kier molecular flexibility index (Phi) is 5.51. The molecule has 2 aromatic rings. The highest BCUT2D eigenvalue weighted by atomic mass is 16.5. The summed E-state index contributed by atoms with van der Waals surface area (Å²) in [6.07, 6.45) is 4.11. The van der Waals surface area contributed by atoms with Crippen LogP contribution in [0.5, 0.6) is 0 Å². The number of methoxy groups -OCH3 is 1. The molecule has 0 aliphatic heterocycles. The van der Waals surface area contributed by atoms with Gasteiger partial charge in [-0.1, -0.05) is 0 Å². The lowest BCUT2D eigenvalue weighted by Gasteiger charge is -2.08. The van der Waals surface area contributed by atoms with Gasteiger partial charge in [0.1, 0.15) is 6.54 Å². The van der Waals surface area contributed by atoms with Crippen molar-refractivity contribution in [2.75, 3.05) is 12.4 Å². The summed E-state index contributed by atoms with van der Waals surface area (Å²) in [6.45, 7) is 0.0328. The van der Waals surface area contributed by atoms with Crippen LogP contribution in [0.2, 0.25) is 0 Å². The molecule has 0 aliphatic carbocycles. The van der Waals surface area contributed by atoms with E-state index >= 15 is 0 Å². The van der Waals surface area contributed by atoms with Gasteiger partial charge in [-0.2, -0.15) is 0 Å². The number of carboxylic acid groups (broad SMARTS) is 1. The largest absolute Gasteiger partial charge is 0.478 e. The van der Waals surface area contributed by atoms with Crippen LogP contribution in [0.1, 0.15) is 16.1 Å². The number of carbonyl (C=O) groups is 3. The summed E-state index contributed by atoms with van der Waals surface area (Å²) < 4.78 is 6.23. The average molecular weight is 328 g/mol. The zero-order valence-corrected chi connectivity index (χ0v) is 12.9. The van der Waals surface area contributed by atoms with Crippen LogP contribution in [-0.2, 0) is 20.9 Å². The number of hydrogen-bond acceptors (Lipinski definition) is 4. The molecule has 0 fully saturated rings. The number of amides is 1. The molecule has 2 N–H and O–H groups in total. The van der Waals surface area contributed by atoms with Crippen LogP contribution in [0.3, 0.4) is 0 Å². The smallest absolute Gasteiger partial charge is 0.337 e. The van der Waals surface area contributed by atoms with E-state index in [1.807, 2.05) is 0 Å². The van der Waals surface area contributed by atoms with Crippen molar-refractivity contribution < 1.29 is 24.2 Å². The van der Waals surface area contributed by atoms with E-state index in [4.69, 9.17) is 5.11 Å². The van der Waals surface area contributed by atoms with Gasteiger partial charge < -0.3 is 19.7 Å². The molecule has 0 spiro atoms. The molecule has 0 atom stereocenters. The molecule has 1 amide bonds. The number of ether oxygens (including phenoxy) is 1. The molecular formula is C17H16N2O5. The highest BCUT2D eigenvalue weighted by molar-refractivity contribution is 5.93. The van der Waals surface area contributed by atoms with E-state index in [2.05, 4.69) is 10.1 Å². The monoisotopic (exact) mass is 328 g/mol. The molecule has 0 saturated heterocycles. The minimum atomic E-state index is -1.06. The summed E-state index contributed by atoms with van der Waals surface area (Å²) in [6, 6.07) is 9.74. The molecule has 7 nitrogen and oxygen atoms in total. The molecule has 1 heterocycles. The van der Waals surface area contributed by atoms with Crippen LogP contribution in [0.25, 0.3) is 6.08 Å². The maximum Gasteiger partial charge on any atom is 0.337 e. The van der Waals surface area contributed by atoms with Crippen molar-refractivity contribution in [2.24, 2.45) is 0 Å². The third-order valence-corrected chi connectivity index (χ3v) is 3.17. The van der Waals surface area contributed by atoms with Crippen molar-refractivity contribution in [3.8, 4) is 0 Å². The summed E-state index contributed by atoms with van der Waals surface area (Å²) in [5, 5.41) is 11.4. The maximum atomic E-state index is 12.1. The lowest BCUT2D eigenvalue weighted by Crippen LogP contribution is -2.19. The van der Waals surface area contributed by atoms with Crippen LogP contribution in [-0.4, -0.2) is 34.6 Å². The molecule has 7 heteroatoms. The summed E-state index contributed by atoms with van der Waals surface area (Å²) in [7, 11) is 1.30. The predicted octanol–water partition coefficient (Wildman–Crippen LogP) is 2.01. The van der Waals surface area contributed by atoms with Gasteiger partial charge in [0.2, 0.25) is 5.91 Å². The number of esters is 1. The Morgan fingerprint density at radius 1 is 1.21 bits per heavy atom. The van der Waals surface area contributed by atoms with Crippen LogP contribution < -0.4 is 5.32 Å². The maximum absolute atomic E-state index is 12.1. The number of aromatic nitrogens is 1. The second-order valence-electron chi connectivity index (χ2n) is 4.85. The van der Waals surface area contributed by atoms with E-state index in [9.17, 15) is 14.4 Å². The first-order valence-corrected chi connectivity index (χ1v) is 7.04. The van der Waals surface area contributed by atoms with Gasteiger partial charge in [0, 0.05) is 23.7 Å². The topological polar surface area (TPSA) is 97.6 Å². The summed E-state index contributed by atoms with van der Waals surface area (Å²) in [5.74, 6) is -1.78. The SMILES string of the molecule is COC(=O)c1ccc(NC(=O)Cn2cccc2/C=C/C(=O)O)cc1. The minimum absolute atomic E-state index is 0.0328. The van der Waals surface area contributed by atoms with Gasteiger partial charge in [-0.05, 0) is 42.5 Å². The van der Waals surface area contributed by atoms with Crippen LogP contribution in [0, 0.1) is 0 Å². The predicted molar refractivity (Wildman–Crippen MR) is 87.5 cm³/mol. The lowest BCUT2D eigenvalue weighted by molar-refractivity contribution is -0.131. The number of hydrogen-bond donors (Lipinski definition) is 2. The quantitative estimate of drug-likeness (QED) is 0.624. The Bertz CT molecular complexity index is 775. The molecule has 1 aromatic heterocycles. The zero-order valence-electron chi connectivity index (χ0n) is 12.9. The second kappa shape index (κ2) is 7.77. The van der Waals surface area contributed by atoms with Crippen molar-refractivity contribution in [1.82, 2.24) is 4.57 Å². The molecule has 24 heavy (non-hydrogen) atoms. The van der Waals surface area contributed by atoms with E-state index in [1.165, 1.54) is 13.2 Å². The summed E-state index contributed by atoms with van der Waals surface area (Å²) in [4.78, 5) is 34.0. The molecule has 2 rings (SSSR count). The third kappa shape index (κ3) is 4.57. The number of nitrogens with zero attached hydrogens (tertiary/aromatic N) is 1. The van der Waals surface area contributed by atoms with Crippen LogP contribution >= 0.6 is 0 Å². The zero-order chi connectivity index (χ0) is 17.5. The van der Waals surface area contributed by atoms with E-state index < -0.39 is 11.9 Å². The molecule has 1 aromatic carbocycles. The summed E-state index contributed by atoms with van der Waals surface area (Å²) >= 11 is 0. The van der Waals surface area contributed by atoms with Crippen molar-refractivity contribution >= 4 is 29.6 Å². The number of nitrogens with one attached hydrogen (secondary N) is 1. The number of carboxylic acids is 1. The Morgan fingerprint density at radius 2 is 1.92 bits per heavy atom. The van der Waals surface area contributed by atoms with Crippen molar-refractivity contribution in [3.05, 3.63) is 59.9 Å². The molecule has 0 bridgehead atoms. The van der Waals surface area contributed by atoms with Gasteiger partial charge in [0.05, 0.1) is 12.7 Å². The number of anilines is 1. The first kappa shape index (κ1) is 17.0. The van der Waals surface area contributed by atoms with E-state index in [0.29, 0.717) is 16.9 Å². The molecule has 124 valence electrons. The fourth-order valence-corrected chi connectivity index (χ4v) is 2.04. The van der Waals surface area contributed by atoms with Crippen molar-refractivity contribution in [2.45, 2.75) is 6.54 Å². The number of benzene rings is 1. The lowest BCUT2D eigenvalue weighted by atomic mass is 10.2. The second-order valence-corrected chi connectivity index (χ2v) is 4.85. The molecule has 0 saturated carbocycles. The Hall–Kier alpha value is -3.35. The fourth-order valence-electron chi connectivity index (χ4n) is 2.04. The first-order valence-electron chi connectivity index (χ1n) is 7.04. The van der Waals surface area contributed by atoms with E-state index in [-0.39, 0.29) is 12.5 Å².